The maximum absolute atomic E-state index is 6.48. The van der Waals surface area contributed by atoms with Gasteiger partial charge in [-0.3, -0.25) is 0 Å². The maximum Gasteiger partial charge on any atom is 0.0557 e. The first kappa shape index (κ1) is 13.6. The lowest BCUT2D eigenvalue weighted by molar-refractivity contribution is 0.880. The van der Waals surface area contributed by atoms with Crippen molar-refractivity contribution >= 4 is 33.4 Å². The highest BCUT2D eigenvalue weighted by molar-refractivity contribution is 14.1. The van der Waals surface area contributed by atoms with E-state index >= 15 is 0 Å². The fraction of sp³-hybridized carbons (Fsp3) is 0.111. The van der Waals surface area contributed by atoms with Crippen LogP contribution in [0.5, 0.6) is 0 Å². The number of benzene rings is 3. The lowest BCUT2D eigenvalue weighted by Gasteiger charge is -2.16. The molecule has 0 saturated heterocycles. The highest BCUT2D eigenvalue weighted by atomic mass is 127. The molecule has 0 radical (unpaired) electrons. The van der Waals surface area contributed by atoms with Crippen molar-refractivity contribution in [2.45, 2.75) is 13.0 Å². The van der Waals surface area contributed by atoms with E-state index < -0.39 is 0 Å². The van der Waals surface area contributed by atoms with Gasteiger partial charge in [0.15, 0.2) is 0 Å². The number of fused-ring (bicyclic) bond motifs is 1. The van der Waals surface area contributed by atoms with E-state index in [1.165, 1.54) is 25.5 Å². The molecule has 1 unspecified atom stereocenters. The summed E-state index contributed by atoms with van der Waals surface area (Å²) < 4.78 is 1.23. The largest absolute Gasteiger partial charge is 0.320 e. The number of hydrogen-bond donors (Lipinski definition) is 1. The minimum atomic E-state index is -0.0856. The van der Waals surface area contributed by atoms with Gasteiger partial charge >= 0.3 is 0 Å². The van der Waals surface area contributed by atoms with Crippen molar-refractivity contribution in [3.8, 4) is 0 Å². The summed E-state index contributed by atoms with van der Waals surface area (Å²) in [7, 11) is 0. The molecule has 1 nitrogen and oxygen atoms in total. The van der Waals surface area contributed by atoms with E-state index in [4.69, 9.17) is 5.73 Å². The monoisotopic (exact) mass is 373 g/mol. The Balaban J connectivity index is 2.14. The van der Waals surface area contributed by atoms with Crippen LogP contribution >= 0.6 is 22.6 Å². The molecule has 3 aromatic rings. The molecule has 0 aliphatic rings. The highest BCUT2D eigenvalue weighted by Crippen LogP contribution is 2.29. The van der Waals surface area contributed by atoms with E-state index in [2.05, 4.69) is 90.2 Å². The van der Waals surface area contributed by atoms with Crippen molar-refractivity contribution in [2.24, 2.45) is 5.73 Å². The second-order valence-electron chi connectivity index (χ2n) is 5.05. The van der Waals surface area contributed by atoms with Gasteiger partial charge < -0.3 is 5.73 Å². The van der Waals surface area contributed by atoms with E-state index in [-0.39, 0.29) is 6.04 Å². The van der Waals surface area contributed by atoms with Gasteiger partial charge in [-0.25, -0.2) is 0 Å². The molecule has 0 aromatic heterocycles. The summed E-state index contributed by atoms with van der Waals surface area (Å²) in [4.78, 5) is 0. The molecule has 0 aliphatic heterocycles. The third-order valence-corrected chi connectivity index (χ3v) is 4.46. The third-order valence-electron chi connectivity index (χ3n) is 3.74. The Morgan fingerprint density at radius 1 is 0.850 bits per heavy atom. The van der Waals surface area contributed by atoms with Gasteiger partial charge in [-0.2, -0.15) is 0 Å². The molecule has 1 atom stereocenters. The van der Waals surface area contributed by atoms with Crippen LogP contribution in [0.2, 0.25) is 0 Å². The van der Waals surface area contributed by atoms with Gasteiger partial charge in [0.25, 0.3) is 0 Å². The first-order valence-corrected chi connectivity index (χ1v) is 7.74. The first-order chi connectivity index (χ1) is 9.66. The molecule has 0 spiro atoms. The van der Waals surface area contributed by atoms with Crippen LogP contribution in [0.1, 0.15) is 22.7 Å². The lowest BCUT2D eigenvalue weighted by atomic mass is 9.92. The number of hydrogen-bond acceptors (Lipinski definition) is 1. The van der Waals surface area contributed by atoms with Crippen molar-refractivity contribution in [3.05, 3.63) is 80.9 Å². The summed E-state index contributed by atoms with van der Waals surface area (Å²) in [6, 6.07) is 21.1. The van der Waals surface area contributed by atoms with Crippen molar-refractivity contribution in [3.63, 3.8) is 0 Å². The van der Waals surface area contributed by atoms with Crippen LogP contribution in [-0.2, 0) is 0 Å². The average Bonchev–Trinajstić information content (AvgIpc) is 2.48. The number of halogens is 1. The van der Waals surface area contributed by atoms with Gasteiger partial charge in [0, 0.05) is 3.57 Å². The molecule has 2 heteroatoms. The average molecular weight is 373 g/mol. The number of nitrogens with two attached hydrogens (primary N) is 1. The lowest BCUT2D eigenvalue weighted by Crippen LogP contribution is -2.12. The van der Waals surface area contributed by atoms with E-state index in [9.17, 15) is 0 Å². The standard InChI is InChI=1S/C18H16IN/c1-12-6-11-17(16-5-3-2-4-15(12)16)18(20)13-7-9-14(19)10-8-13/h2-11,18H,20H2,1H3. The summed E-state index contributed by atoms with van der Waals surface area (Å²) in [5, 5.41) is 2.53. The quantitative estimate of drug-likeness (QED) is 0.642. The molecule has 0 bridgehead atoms. The summed E-state index contributed by atoms with van der Waals surface area (Å²) in [6.45, 7) is 2.14. The zero-order chi connectivity index (χ0) is 14.1. The van der Waals surface area contributed by atoms with Crippen LogP contribution in [0.25, 0.3) is 10.8 Å². The Bertz CT molecular complexity index is 747. The fourth-order valence-corrected chi connectivity index (χ4v) is 2.95. The van der Waals surface area contributed by atoms with Crippen LogP contribution in [0, 0.1) is 10.5 Å². The Labute approximate surface area is 133 Å². The third kappa shape index (κ3) is 2.45. The zero-order valence-electron chi connectivity index (χ0n) is 11.3. The molecule has 0 amide bonds. The molecular weight excluding hydrogens is 357 g/mol. The smallest absolute Gasteiger partial charge is 0.0557 e. The first-order valence-electron chi connectivity index (χ1n) is 6.66. The van der Waals surface area contributed by atoms with E-state index in [0.717, 1.165) is 5.56 Å². The number of aryl methyl sites for hydroxylation is 1. The normalized spacial score (nSPS) is 12.6. The Morgan fingerprint density at radius 2 is 1.50 bits per heavy atom. The van der Waals surface area contributed by atoms with Crippen molar-refractivity contribution in [2.75, 3.05) is 0 Å². The summed E-state index contributed by atoms with van der Waals surface area (Å²) >= 11 is 2.31. The van der Waals surface area contributed by atoms with Crippen molar-refractivity contribution in [1.29, 1.82) is 0 Å². The molecule has 20 heavy (non-hydrogen) atoms. The van der Waals surface area contributed by atoms with Gasteiger partial charge in [0.2, 0.25) is 0 Å². The number of rotatable bonds is 2. The summed E-state index contributed by atoms with van der Waals surface area (Å²) in [5.74, 6) is 0. The van der Waals surface area contributed by atoms with Crippen molar-refractivity contribution in [1.82, 2.24) is 0 Å². The van der Waals surface area contributed by atoms with E-state index in [0.29, 0.717) is 0 Å². The van der Waals surface area contributed by atoms with Crippen LogP contribution in [0.15, 0.2) is 60.7 Å². The maximum atomic E-state index is 6.48. The van der Waals surface area contributed by atoms with Gasteiger partial charge in [-0.15, -0.1) is 0 Å². The fourth-order valence-electron chi connectivity index (χ4n) is 2.59. The Hall–Kier alpha value is -1.39. The molecule has 0 fully saturated rings. The van der Waals surface area contributed by atoms with E-state index in [1.54, 1.807) is 0 Å². The molecule has 100 valence electrons. The summed E-state index contributed by atoms with van der Waals surface area (Å²) in [6.07, 6.45) is 0. The van der Waals surface area contributed by atoms with Crippen LogP contribution < -0.4 is 5.73 Å². The molecule has 0 heterocycles. The van der Waals surface area contributed by atoms with Crippen LogP contribution in [0.3, 0.4) is 0 Å². The topological polar surface area (TPSA) is 26.0 Å². The molecule has 3 aromatic carbocycles. The SMILES string of the molecule is Cc1ccc(C(N)c2ccc(I)cc2)c2ccccc12. The Morgan fingerprint density at radius 3 is 2.20 bits per heavy atom. The second kappa shape index (κ2) is 5.54. The molecule has 0 aliphatic carbocycles. The van der Waals surface area contributed by atoms with Crippen molar-refractivity contribution < 1.29 is 0 Å². The predicted octanol–water partition coefficient (Wildman–Crippen LogP) is 4.80. The molecular formula is C18H16IN. The second-order valence-corrected chi connectivity index (χ2v) is 6.29. The van der Waals surface area contributed by atoms with Crippen LogP contribution in [0.4, 0.5) is 0 Å². The Kier molecular flexibility index (Phi) is 3.76. The summed E-state index contributed by atoms with van der Waals surface area (Å²) in [5.41, 5.74) is 10.1. The van der Waals surface area contributed by atoms with Gasteiger partial charge in [0.05, 0.1) is 6.04 Å². The van der Waals surface area contributed by atoms with E-state index in [1.807, 2.05) is 0 Å². The minimum absolute atomic E-state index is 0.0856. The van der Waals surface area contributed by atoms with Gasteiger partial charge in [0.1, 0.15) is 0 Å². The molecule has 2 N–H and O–H groups in total. The predicted molar refractivity (Wildman–Crippen MR) is 93.9 cm³/mol. The van der Waals surface area contributed by atoms with Gasteiger partial charge in [-0.1, -0.05) is 48.5 Å². The molecule has 3 rings (SSSR count). The molecule has 0 saturated carbocycles. The van der Waals surface area contributed by atoms with Gasteiger partial charge in [-0.05, 0) is 69.1 Å². The minimum Gasteiger partial charge on any atom is -0.320 e. The highest BCUT2D eigenvalue weighted by Gasteiger charge is 2.12. The zero-order valence-corrected chi connectivity index (χ0v) is 13.5. The van der Waals surface area contributed by atoms with Crippen LogP contribution in [-0.4, -0.2) is 0 Å².